The van der Waals surface area contributed by atoms with Gasteiger partial charge in [-0.2, -0.15) is 0 Å². The highest BCUT2D eigenvalue weighted by Gasteiger charge is 2.35. The third-order valence-corrected chi connectivity index (χ3v) is 5.60. The summed E-state index contributed by atoms with van der Waals surface area (Å²) in [6.45, 7) is 0.913. The molecular weight excluding hydrogens is 256 g/mol. The van der Waals surface area contributed by atoms with Gasteiger partial charge in [0.15, 0.2) is 0 Å². The van der Waals surface area contributed by atoms with Crippen molar-refractivity contribution in [1.29, 1.82) is 0 Å². The van der Waals surface area contributed by atoms with E-state index in [9.17, 15) is 4.79 Å². The Hall–Kier alpha value is -0.900. The van der Waals surface area contributed by atoms with E-state index in [4.69, 9.17) is 0 Å². The van der Waals surface area contributed by atoms with Gasteiger partial charge in [0.1, 0.15) is 5.37 Å². The number of carbonyl (C=O) groups is 1. The van der Waals surface area contributed by atoms with Gasteiger partial charge in [0.25, 0.3) is 0 Å². The molecule has 2 aliphatic rings. The third-order valence-electron chi connectivity index (χ3n) is 4.37. The van der Waals surface area contributed by atoms with Gasteiger partial charge in [-0.25, -0.2) is 0 Å². The highest BCUT2D eigenvalue weighted by molar-refractivity contribution is 7.99. The largest absolute Gasteiger partial charge is 0.352 e. The highest BCUT2D eigenvalue weighted by Crippen LogP contribution is 2.40. The van der Waals surface area contributed by atoms with Gasteiger partial charge in [-0.3, -0.25) is 4.79 Å². The number of aryl methyl sites for hydroxylation is 1. The van der Waals surface area contributed by atoms with Crippen molar-refractivity contribution in [3.63, 3.8) is 0 Å². The molecule has 3 rings (SSSR count). The lowest BCUT2D eigenvalue weighted by atomic mass is 9.88. The minimum Gasteiger partial charge on any atom is -0.352 e. The molecule has 2 heterocycles. The Morgan fingerprint density at radius 3 is 2.79 bits per heavy atom. The van der Waals surface area contributed by atoms with Gasteiger partial charge < -0.3 is 9.47 Å². The second-order valence-corrected chi connectivity index (χ2v) is 6.82. The SMILES string of the molecule is Cn1cccc1C1SCCN1C(=O)C1CCCCC1. The summed E-state index contributed by atoms with van der Waals surface area (Å²) < 4.78 is 2.14. The van der Waals surface area contributed by atoms with E-state index >= 15 is 0 Å². The first-order valence-electron chi connectivity index (χ1n) is 7.30. The molecule has 19 heavy (non-hydrogen) atoms. The Morgan fingerprint density at radius 2 is 2.11 bits per heavy atom. The van der Waals surface area contributed by atoms with Crippen molar-refractivity contribution in [2.45, 2.75) is 37.5 Å². The normalized spacial score (nSPS) is 24.9. The lowest BCUT2D eigenvalue weighted by Gasteiger charge is -2.30. The molecular formula is C15H22N2OS. The van der Waals surface area contributed by atoms with Gasteiger partial charge in [0.2, 0.25) is 5.91 Å². The topological polar surface area (TPSA) is 25.2 Å². The van der Waals surface area contributed by atoms with Gasteiger partial charge in [0.05, 0.1) is 5.69 Å². The van der Waals surface area contributed by atoms with E-state index in [1.165, 1.54) is 25.0 Å². The summed E-state index contributed by atoms with van der Waals surface area (Å²) in [7, 11) is 2.07. The molecule has 104 valence electrons. The average molecular weight is 278 g/mol. The lowest BCUT2D eigenvalue weighted by Crippen LogP contribution is -2.36. The average Bonchev–Trinajstić information content (AvgIpc) is 3.07. The molecule has 0 bridgehead atoms. The number of hydrogen-bond acceptors (Lipinski definition) is 2. The van der Waals surface area contributed by atoms with Crippen LogP contribution in [0.4, 0.5) is 0 Å². The van der Waals surface area contributed by atoms with Gasteiger partial charge in [0, 0.05) is 31.5 Å². The van der Waals surface area contributed by atoms with Crippen LogP contribution in [0.15, 0.2) is 18.3 Å². The van der Waals surface area contributed by atoms with Gasteiger partial charge in [-0.05, 0) is 25.0 Å². The van der Waals surface area contributed by atoms with Crippen LogP contribution in [-0.2, 0) is 11.8 Å². The molecule has 1 aromatic heterocycles. The van der Waals surface area contributed by atoms with Crippen LogP contribution in [-0.4, -0.2) is 27.7 Å². The maximum absolute atomic E-state index is 12.7. The number of nitrogens with zero attached hydrogens (tertiary/aromatic N) is 2. The summed E-state index contributed by atoms with van der Waals surface area (Å²) in [5, 5.41) is 0.231. The van der Waals surface area contributed by atoms with E-state index in [-0.39, 0.29) is 11.3 Å². The molecule has 0 radical (unpaired) electrons. The molecule has 1 aliphatic carbocycles. The van der Waals surface area contributed by atoms with Crippen LogP contribution in [0.1, 0.15) is 43.2 Å². The highest BCUT2D eigenvalue weighted by atomic mass is 32.2. The summed E-state index contributed by atoms with van der Waals surface area (Å²) in [5.41, 5.74) is 1.26. The van der Waals surface area contributed by atoms with E-state index in [0.29, 0.717) is 5.91 Å². The second-order valence-electron chi connectivity index (χ2n) is 5.63. The van der Waals surface area contributed by atoms with Gasteiger partial charge in [-0.1, -0.05) is 19.3 Å². The standard InChI is InChI=1S/C15H22N2OS/c1-16-9-5-8-13(16)15-17(10-11-19-15)14(18)12-6-3-2-4-7-12/h5,8-9,12,15H,2-4,6-7,10-11H2,1H3. The van der Waals surface area contributed by atoms with E-state index in [2.05, 4.69) is 34.8 Å². The molecule has 1 aromatic rings. The maximum atomic E-state index is 12.7. The zero-order chi connectivity index (χ0) is 13.2. The van der Waals surface area contributed by atoms with Crippen molar-refractivity contribution >= 4 is 17.7 Å². The van der Waals surface area contributed by atoms with Gasteiger partial charge >= 0.3 is 0 Å². The fourth-order valence-electron chi connectivity index (χ4n) is 3.26. The first kappa shape index (κ1) is 13.1. The fourth-order valence-corrected chi connectivity index (χ4v) is 4.59. The molecule has 1 unspecified atom stereocenters. The quantitative estimate of drug-likeness (QED) is 0.830. The predicted molar refractivity (Wildman–Crippen MR) is 78.9 cm³/mol. The van der Waals surface area contributed by atoms with Crippen LogP contribution in [0.5, 0.6) is 0 Å². The molecule has 4 heteroatoms. The fraction of sp³-hybridized carbons (Fsp3) is 0.667. The van der Waals surface area contributed by atoms with E-state index in [0.717, 1.165) is 25.1 Å². The lowest BCUT2D eigenvalue weighted by molar-refractivity contribution is -0.136. The third kappa shape index (κ3) is 2.55. The summed E-state index contributed by atoms with van der Waals surface area (Å²) in [6.07, 6.45) is 8.02. The van der Waals surface area contributed by atoms with Crippen molar-refractivity contribution in [2.24, 2.45) is 13.0 Å². The molecule has 1 saturated heterocycles. The summed E-state index contributed by atoms with van der Waals surface area (Å²) in [4.78, 5) is 14.8. The van der Waals surface area contributed by atoms with Crippen molar-refractivity contribution in [3.8, 4) is 0 Å². The van der Waals surface area contributed by atoms with E-state index < -0.39 is 0 Å². The molecule has 1 saturated carbocycles. The first-order valence-corrected chi connectivity index (χ1v) is 8.35. The Morgan fingerprint density at radius 1 is 1.32 bits per heavy atom. The number of aromatic nitrogens is 1. The Bertz CT molecular complexity index is 451. The molecule has 1 amide bonds. The number of thioether (sulfide) groups is 1. The van der Waals surface area contributed by atoms with Crippen LogP contribution in [0.2, 0.25) is 0 Å². The minimum absolute atomic E-state index is 0.231. The van der Waals surface area contributed by atoms with Gasteiger partial charge in [-0.15, -0.1) is 11.8 Å². The van der Waals surface area contributed by atoms with Crippen molar-refractivity contribution < 1.29 is 4.79 Å². The monoisotopic (exact) mass is 278 g/mol. The molecule has 0 aromatic carbocycles. The van der Waals surface area contributed by atoms with Crippen LogP contribution in [0, 0.1) is 5.92 Å². The number of rotatable bonds is 2. The maximum Gasteiger partial charge on any atom is 0.226 e. The molecule has 3 nitrogen and oxygen atoms in total. The van der Waals surface area contributed by atoms with E-state index in [1.807, 2.05) is 11.8 Å². The minimum atomic E-state index is 0.231. The summed E-state index contributed by atoms with van der Waals surface area (Å²) >= 11 is 1.90. The number of carbonyl (C=O) groups excluding carboxylic acids is 1. The van der Waals surface area contributed by atoms with Crippen LogP contribution in [0.25, 0.3) is 0 Å². The second kappa shape index (κ2) is 5.61. The number of amides is 1. The molecule has 1 aliphatic heterocycles. The van der Waals surface area contributed by atoms with Crippen LogP contribution in [0.3, 0.4) is 0 Å². The molecule has 1 atom stereocenters. The number of hydrogen-bond donors (Lipinski definition) is 0. The molecule has 2 fully saturated rings. The smallest absolute Gasteiger partial charge is 0.226 e. The van der Waals surface area contributed by atoms with Crippen molar-refractivity contribution in [2.75, 3.05) is 12.3 Å². The Labute approximate surface area is 119 Å². The molecule has 0 spiro atoms. The summed E-state index contributed by atoms with van der Waals surface area (Å²) in [6, 6.07) is 4.21. The zero-order valence-corrected chi connectivity index (χ0v) is 12.4. The van der Waals surface area contributed by atoms with Crippen LogP contribution >= 0.6 is 11.8 Å². The Kier molecular flexibility index (Phi) is 3.87. The van der Waals surface area contributed by atoms with E-state index in [1.54, 1.807) is 0 Å². The molecule has 0 N–H and O–H groups in total. The van der Waals surface area contributed by atoms with Crippen LogP contribution < -0.4 is 0 Å². The van der Waals surface area contributed by atoms with Crippen molar-refractivity contribution in [1.82, 2.24) is 9.47 Å². The summed E-state index contributed by atoms with van der Waals surface area (Å²) in [5.74, 6) is 1.75. The Balaban J connectivity index is 1.75. The first-order chi connectivity index (χ1) is 9.27. The van der Waals surface area contributed by atoms with Crippen molar-refractivity contribution in [3.05, 3.63) is 24.0 Å². The predicted octanol–water partition coefficient (Wildman–Crippen LogP) is 3.18. The zero-order valence-electron chi connectivity index (χ0n) is 11.5.